The zero-order valence-corrected chi connectivity index (χ0v) is 13.6. The van der Waals surface area contributed by atoms with Crippen LogP contribution in [0.15, 0.2) is 16.5 Å². The van der Waals surface area contributed by atoms with E-state index in [4.69, 9.17) is 4.42 Å². The topological polar surface area (TPSA) is 96.6 Å². The lowest BCUT2D eigenvalue weighted by Crippen LogP contribution is -2.41. The third-order valence-electron chi connectivity index (χ3n) is 6.38. The largest absolute Gasteiger partial charge is 0.481 e. The number of rotatable bonds is 5. The second kappa shape index (κ2) is 5.19. The maximum absolute atomic E-state index is 12.7. The van der Waals surface area contributed by atoms with Crippen LogP contribution in [0.3, 0.4) is 0 Å². The number of carboxylic acids is 1. The lowest BCUT2D eigenvalue weighted by atomic mass is 9.79. The Labute approximate surface area is 139 Å². The van der Waals surface area contributed by atoms with Crippen molar-refractivity contribution in [2.45, 2.75) is 39.2 Å². The number of carbonyl (C=O) groups is 3. The molecule has 2 N–H and O–H groups in total. The molecule has 24 heavy (non-hydrogen) atoms. The summed E-state index contributed by atoms with van der Waals surface area (Å²) in [5.74, 6) is -1.07. The van der Waals surface area contributed by atoms with Crippen LogP contribution in [-0.4, -0.2) is 22.8 Å². The molecule has 0 aromatic carbocycles. The number of hydrogen-bond acceptors (Lipinski definition) is 4. The van der Waals surface area contributed by atoms with Gasteiger partial charge in [0.05, 0.1) is 18.4 Å². The predicted molar refractivity (Wildman–Crippen MR) is 83.1 cm³/mol. The van der Waals surface area contributed by atoms with Gasteiger partial charge >= 0.3 is 5.97 Å². The monoisotopic (exact) mass is 331 g/mol. The van der Waals surface area contributed by atoms with Gasteiger partial charge in [-0.2, -0.15) is 0 Å². The van der Waals surface area contributed by atoms with Gasteiger partial charge in [0.1, 0.15) is 5.76 Å². The number of hydrogen-bond donors (Lipinski definition) is 2. The lowest BCUT2D eigenvalue weighted by molar-refractivity contribution is -0.149. The molecule has 2 bridgehead atoms. The van der Waals surface area contributed by atoms with E-state index in [-0.39, 0.29) is 41.2 Å². The van der Waals surface area contributed by atoms with E-state index in [9.17, 15) is 19.5 Å². The quantitative estimate of drug-likeness (QED) is 0.807. The van der Waals surface area contributed by atoms with Crippen LogP contribution in [0.25, 0.3) is 0 Å². The second-order valence-corrected chi connectivity index (χ2v) is 7.45. The predicted octanol–water partition coefficient (Wildman–Crippen LogP) is 2.24. The van der Waals surface area contributed by atoms with Crippen molar-refractivity contribution in [3.8, 4) is 0 Å². The van der Waals surface area contributed by atoms with E-state index in [1.165, 1.54) is 6.92 Å². The molecule has 0 saturated heterocycles. The van der Waals surface area contributed by atoms with Gasteiger partial charge < -0.3 is 14.8 Å². The number of nitrogens with one attached hydrogen (secondary N) is 1. The first kappa shape index (κ1) is 15.4. The van der Waals surface area contributed by atoms with Crippen LogP contribution < -0.4 is 5.32 Å². The Morgan fingerprint density at radius 3 is 2.42 bits per heavy atom. The van der Waals surface area contributed by atoms with Gasteiger partial charge in [-0.15, -0.1) is 0 Å². The van der Waals surface area contributed by atoms with Crippen molar-refractivity contribution < 1.29 is 23.9 Å². The minimum atomic E-state index is -0.842. The highest BCUT2D eigenvalue weighted by atomic mass is 16.4. The van der Waals surface area contributed by atoms with Gasteiger partial charge in [-0.1, -0.05) is 0 Å². The lowest BCUT2D eigenvalue weighted by Gasteiger charge is -2.26. The van der Waals surface area contributed by atoms with Crippen LogP contribution >= 0.6 is 0 Å². The molecule has 0 radical (unpaired) electrons. The van der Waals surface area contributed by atoms with Crippen molar-refractivity contribution in [1.82, 2.24) is 5.32 Å². The third kappa shape index (κ3) is 2.12. The molecule has 1 aromatic heterocycles. The van der Waals surface area contributed by atoms with Gasteiger partial charge in [0, 0.05) is 6.92 Å². The number of amides is 1. The van der Waals surface area contributed by atoms with Crippen molar-refractivity contribution in [1.29, 1.82) is 0 Å². The summed E-state index contributed by atoms with van der Waals surface area (Å²) in [6.45, 7) is 1.60. The number of furan rings is 1. The Balaban J connectivity index is 1.47. The molecule has 1 aromatic rings. The van der Waals surface area contributed by atoms with Crippen molar-refractivity contribution in [3.05, 3.63) is 23.7 Å². The normalized spacial score (nSPS) is 32.0. The fraction of sp³-hybridized carbons (Fsp3) is 0.611. The standard InChI is InChI=1S/C18H21NO5/c1-9(20)13-5-2-10(24-13)8-19-16(21)14-11-3-4-12(15(14)17(22)23)18(11)6-7-18/h2,5,11-12,14-15H,3-4,6-8H2,1H3,(H,19,21)(H,22,23)/t11-,12+,14+,15+/m0/s1. The molecule has 0 unspecified atom stereocenters. The molecule has 3 saturated carbocycles. The molecule has 3 aliphatic carbocycles. The van der Waals surface area contributed by atoms with Crippen molar-refractivity contribution in [2.24, 2.45) is 29.1 Å². The van der Waals surface area contributed by atoms with Crippen molar-refractivity contribution in [3.63, 3.8) is 0 Å². The minimum absolute atomic E-state index is 0.123. The van der Waals surface area contributed by atoms with Crippen LogP contribution in [0.5, 0.6) is 0 Å². The Kier molecular flexibility index (Phi) is 3.34. The summed E-state index contributed by atoms with van der Waals surface area (Å²) in [7, 11) is 0. The average Bonchev–Trinajstić information content (AvgIpc) is 2.95. The number of aliphatic carboxylic acids is 1. The number of Topliss-reactive ketones (excluding diaryl/α,β-unsaturated/α-hetero) is 1. The van der Waals surface area contributed by atoms with Crippen molar-refractivity contribution >= 4 is 17.7 Å². The molecule has 1 heterocycles. The maximum Gasteiger partial charge on any atom is 0.307 e. The highest BCUT2D eigenvalue weighted by Gasteiger charge is 2.71. The summed E-state index contributed by atoms with van der Waals surface area (Å²) >= 11 is 0. The first-order valence-electron chi connectivity index (χ1n) is 8.54. The summed E-state index contributed by atoms with van der Waals surface area (Å²) in [5.41, 5.74) is 0.123. The van der Waals surface area contributed by atoms with Gasteiger partial charge in [0.25, 0.3) is 0 Å². The van der Waals surface area contributed by atoms with Crippen LogP contribution in [0.1, 0.15) is 48.9 Å². The molecular weight excluding hydrogens is 310 g/mol. The van der Waals surface area contributed by atoms with Gasteiger partial charge in [0.2, 0.25) is 5.91 Å². The van der Waals surface area contributed by atoms with Crippen LogP contribution in [-0.2, 0) is 16.1 Å². The van der Waals surface area contributed by atoms with E-state index < -0.39 is 17.8 Å². The first-order chi connectivity index (χ1) is 11.4. The summed E-state index contributed by atoms with van der Waals surface area (Å²) in [6, 6.07) is 3.25. The molecule has 1 amide bonds. The van der Waals surface area contributed by atoms with Gasteiger partial charge in [0.15, 0.2) is 11.5 Å². The maximum atomic E-state index is 12.7. The number of carbonyl (C=O) groups excluding carboxylic acids is 2. The molecule has 3 aliphatic rings. The summed E-state index contributed by atoms with van der Waals surface area (Å²) in [6.07, 6.45) is 4.03. The van der Waals surface area contributed by atoms with Gasteiger partial charge in [-0.25, -0.2) is 0 Å². The van der Waals surface area contributed by atoms with Gasteiger partial charge in [-0.05, 0) is 55.1 Å². The van der Waals surface area contributed by atoms with E-state index >= 15 is 0 Å². The SMILES string of the molecule is CC(=O)c1ccc(CNC(=O)[C@H]2[C@H](C(=O)O)[C@H]3CC[C@@H]2C32CC2)o1. The van der Waals surface area contributed by atoms with Crippen LogP contribution in [0.2, 0.25) is 0 Å². The molecular formula is C18H21NO5. The highest BCUT2D eigenvalue weighted by molar-refractivity contribution is 5.91. The Morgan fingerprint density at radius 2 is 1.88 bits per heavy atom. The van der Waals surface area contributed by atoms with E-state index in [0.29, 0.717) is 5.76 Å². The van der Waals surface area contributed by atoms with E-state index in [1.54, 1.807) is 12.1 Å². The Hall–Kier alpha value is -2.11. The molecule has 6 nitrogen and oxygen atoms in total. The molecule has 6 heteroatoms. The number of ketones is 1. The summed E-state index contributed by atoms with van der Waals surface area (Å²) < 4.78 is 5.37. The van der Waals surface area contributed by atoms with Gasteiger partial charge in [-0.3, -0.25) is 14.4 Å². The zero-order chi connectivity index (χ0) is 17.1. The smallest absolute Gasteiger partial charge is 0.307 e. The fourth-order valence-corrected chi connectivity index (χ4v) is 5.30. The van der Waals surface area contributed by atoms with Crippen LogP contribution in [0, 0.1) is 29.1 Å². The van der Waals surface area contributed by atoms with Crippen molar-refractivity contribution in [2.75, 3.05) is 0 Å². The summed E-state index contributed by atoms with van der Waals surface area (Å²) in [5, 5.41) is 12.4. The fourth-order valence-electron chi connectivity index (χ4n) is 5.30. The molecule has 128 valence electrons. The van der Waals surface area contributed by atoms with E-state index in [0.717, 1.165) is 25.7 Å². The number of carboxylic acid groups (broad SMARTS) is 1. The minimum Gasteiger partial charge on any atom is -0.481 e. The summed E-state index contributed by atoms with van der Waals surface area (Å²) in [4.78, 5) is 35.7. The molecule has 4 atom stereocenters. The van der Waals surface area contributed by atoms with E-state index in [1.807, 2.05) is 0 Å². The second-order valence-electron chi connectivity index (χ2n) is 7.45. The average molecular weight is 331 g/mol. The zero-order valence-electron chi connectivity index (χ0n) is 13.6. The molecule has 4 rings (SSSR count). The molecule has 0 aliphatic heterocycles. The molecule has 3 fully saturated rings. The Bertz CT molecular complexity index is 717. The van der Waals surface area contributed by atoms with Crippen LogP contribution in [0.4, 0.5) is 0 Å². The molecule has 1 spiro atoms. The third-order valence-corrected chi connectivity index (χ3v) is 6.38. The highest BCUT2D eigenvalue weighted by Crippen LogP contribution is 2.74. The Morgan fingerprint density at radius 1 is 1.21 bits per heavy atom. The first-order valence-corrected chi connectivity index (χ1v) is 8.54. The van der Waals surface area contributed by atoms with E-state index in [2.05, 4.69) is 5.32 Å².